The highest BCUT2D eigenvalue weighted by Gasteiger charge is 2.30. The van der Waals surface area contributed by atoms with E-state index in [1.165, 1.54) is 24.0 Å². The highest BCUT2D eigenvalue weighted by molar-refractivity contribution is 6.09. The van der Waals surface area contributed by atoms with Gasteiger partial charge >= 0.3 is 0 Å². The molecule has 0 atom stereocenters. The molecule has 188 valence electrons. The van der Waals surface area contributed by atoms with E-state index in [1.54, 1.807) is 23.1 Å². The molecule has 2 amide bonds. The SMILES string of the molecule is Cc1ccc(CN2C(=O)C(=Cc3ccc(C(=O)NCCC4=CCCCC4)cc3)Oc3ccccc32)cc1. The predicted molar refractivity (Wildman–Crippen MR) is 147 cm³/mol. The van der Waals surface area contributed by atoms with Crippen LogP contribution < -0.4 is 15.0 Å². The van der Waals surface area contributed by atoms with Gasteiger partial charge in [-0.1, -0.05) is 65.7 Å². The summed E-state index contributed by atoms with van der Waals surface area (Å²) in [4.78, 5) is 27.8. The Kier molecular flexibility index (Phi) is 7.50. The lowest BCUT2D eigenvalue weighted by Crippen LogP contribution is -2.36. The zero-order valence-corrected chi connectivity index (χ0v) is 21.2. The van der Waals surface area contributed by atoms with Crippen LogP contribution in [-0.4, -0.2) is 18.4 Å². The number of allylic oxidation sites excluding steroid dienone is 1. The van der Waals surface area contributed by atoms with Crippen LogP contribution in [0, 0.1) is 6.92 Å². The number of fused-ring (bicyclic) bond motifs is 1. The Morgan fingerprint density at radius 3 is 2.54 bits per heavy atom. The Balaban J connectivity index is 1.28. The molecule has 5 nitrogen and oxygen atoms in total. The van der Waals surface area contributed by atoms with Crippen LogP contribution in [0.3, 0.4) is 0 Å². The summed E-state index contributed by atoms with van der Waals surface area (Å²) in [6.07, 6.45) is 9.78. The molecule has 0 saturated heterocycles. The zero-order valence-electron chi connectivity index (χ0n) is 21.2. The molecule has 0 unspecified atom stereocenters. The third-order valence-electron chi connectivity index (χ3n) is 6.88. The monoisotopic (exact) mass is 492 g/mol. The van der Waals surface area contributed by atoms with Crippen LogP contribution >= 0.6 is 0 Å². The molecule has 0 fully saturated rings. The summed E-state index contributed by atoms with van der Waals surface area (Å²) in [5.41, 5.74) is 5.82. The highest BCUT2D eigenvalue weighted by Crippen LogP contribution is 2.36. The van der Waals surface area contributed by atoms with Gasteiger partial charge in [-0.2, -0.15) is 0 Å². The second-order valence-electron chi connectivity index (χ2n) is 9.69. The molecule has 0 spiro atoms. The highest BCUT2D eigenvalue weighted by atomic mass is 16.5. The predicted octanol–water partition coefficient (Wildman–Crippen LogP) is 6.58. The summed E-state index contributed by atoms with van der Waals surface area (Å²) in [6, 6.07) is 23.0. The van der Waals surface area contributed by atoms with Gasteiger partial charge in [-0.3, -0.25) is 14.5 Å². The van der Waals surface area contributed by atoms with Crippen LogP contribution in [0.2, 0.25) is 0 Å². The van der Waals surface area contributed by atoms with Crippen LogP contribution in [0.4, 0.5) is 5.69 Å². The third-order valence-corrected chi connectivity index (χ3v) is 6.88. The number of para-hydroxylation sites is 2. The van der Waals surface area contributed by atoms with E-state index in [9.17, 15) is 9.59 Å². The lowest BCUT2D eigenvalue weighted by molar-refractivity contribution is -0.117. The maximum Gasteiger partial charge on any atom is 0.294 e. The van der Waals surface area contributed by atoms with Crippen molar-refractivity contribution >= 4 is 23.6 Å². The van der Waals surface area contributed by atoms with Gasteiger partial charge in [0.2, 0.25) is 0 Å². The van der Waals surface area contributed by atoms with E-state index in [1.807, 2.05) is 67.6 Å². The van der Waals surface area contributed by atoms with Gasteiger partial charge in [0.15, 0.2) is 11.5 Å². The molecule has 0 bridgehead atoms. The Labute approximate surface area is 218 Å². The van der Waals surface area contributed by atoms with E-state index in [0.717, 1.165) is 36.1 Å². The maximum atomic E-state index is 13.5. The number of nitrogens with one attached hydrogen (secondary N) is 1. The average Bonchev–Trinajstić information content (AvgIpc) is 2.93. The third kappa shape index (κ3) is 6.00. The number of benzene rings is 3. The average molecular weight is 493 g/mol. The number of hydrogen-bond acceptors (Lipinski definition) is 3. The number of anilines is 1. The molecule has 3 aromatic rings. The quantitative estimate of drug-likeness (QED) is 0.299. The van der Waals surface area contributed by atoms with Crippen molar-refractivity contribution in [2.24, 2.45) is 0 Å². The van der Waals surface area contributed by atoms with Gasteiger partial charge < -0.3 is 10.1 Å². The molecule has 37 heavy (non-hydrogen) atoms. The van der Waals surface area contributed by atoms with Crippen molar-refractivity contribution in [3.63, 3.8) is 0 Å². The van der Waals surface area contributed by atoms with E-state index in [4.69, 9.17) is 4.74 Å². The van der Waals surface area contributed by atoms with Gasteiger partial charge in [0.05, 0.1) is 12.2 Å². The lowest BCUT2D eigenvalue weighted by Gasteiger charge is -2.30. The van der Waals surface area contributed by atoms with Gasteiger partial charge in [0.1, 0.15) is 0 Å². The van der Waals surface area contributed by atoms with Gasteiger partial charge in [0.25, 0.3) is 11.8 Å². The Morgan fingerprint density at radius 1 is 1.00 bits per heavy atom. The fraction of sp³-hybridized carbons (Fsp3) is 0.250. The molecule has 1 aliphatic heterocycles. The van der Waals surface area contributed by atoms with Crippen molar-refractivity contribution in [1.29, 1.82) is 0 Å². The maximum absolute atomic E-state index is 13.5. The van der Waals surface area contributed by atoms with Crippen LogP contribution in [0.15, 0.2) is 90.2 Å². The van der Waals surface area contributed by atoms with Crippen LogP contribution in [-0.2, 0) is 11.3 Å². The van der Waals surface area contributed by atoms with Crippen molar-refractivity contribution in [1.82, 2.24) is 5.32 Å². The first kappa shape index (κ1) is 24.6. The van der Waals surface area contributed by atoms with E-state index < -0.39 is 0 Å². The fourth-order valence-corrected chi connectivity index (χ4v) is 4.75. The molecule has 1 aliphatic carbocycles. The topological polar surface area (TPSA) is 58.6 Å². The molecule has 1 heterocycles. The summed E-state index contributed by atoms with van der Waals surface area (Å²) in [5.74, 6) is 0.616. The number of carbonyl (C=O) groups is 2. The van der Waals surface area contributed by atoms with Crippen LogP contribution in [0.25, 0.3) is 6.08 Å². The number of nitrogens with zero attached hydrogens (tertiary/aromatic N) is 1. The summed E-state index contributed by atoms with van der Waals surface area (Å²) < 4.78 is 6.01. The second kappa shape index (κ2) is 11.3. The van der Waals surface area contributed by atoms with Crippen molar-refractivity contribution in [2.45, 2.75) is 45.6 Å². The van der Waals surface area contributed by atoms with Gasteiger partial charge in [-0.15, -0.1) is 0 Å². The number of rotatable bonds is 7. The first-order valence-corrected chi connectivity index (χ1v) is 13.0. The minimum atomic E-state index is -0.196. The molecule has 1 N–H and O–H groups in total. The first-order chi connectivity index (χ1) is 18.1. The standard InChI is InChI=1S/C32H32N2O3/c1-23-11-13-26(14-12-23)22-34-28-9-5-6-10-29(28)37-30(32(34)36)21-25-15-17-27(18-16-25)31(35)33-20-19-24-7-3-2-4-8-24/h5-7,9-18,21H,2-4,8,19-20,22H2,1H3,(H,33,35). The molecule has 5 heteroatoms. The fourth-order valence-electron chi connectivity index (χ4n) is 4.75. The largest absolute Gasteiger partial charge is 0.449 e. The Hall–Kier alpha value is -4.12. The van der Waals surface area contributed by atoms with Gasteiger partial charge in [-0.25, -0.2) is 0 Å². The van der Waals surface area contributed by atoms with E-state index >= 15 is 0 Å². The number of ether oxygens (including phenoxy) is 1. The van der Waals surface area contributed by atoms with Gasteiger partial charge in [-0.05, 0) is 80.5 Å². The molecular weight excluding hydrogens is 460 g/mol. The lowest BCUT2D eigenvalue weighted by atomic mass is 9.97. The number of carbonyl (C=O) groups excluding carboxylic acids is 2. The summed E-state index contributed by atoms with van der Waals surface area (Å²) in [7, 11) is 0. The molecule has 0 aromatic heterocycles. The molecule has 2 aliphatic rings. The second-order valence-corrected chi connectivity index (χ2v) is 9.69. The van der Waals surface area contributed by atoms with Crippen molar-refractivity contribution in [2.75, 3.05) is 11.4 Å². The van der Waals surface area contributed by atoms with Crippen molar-refractivity contribution < 1.29 is 14.3 Å². The Morgan fingerprint density at radius 2 is 1.78 bits per heavy atom. The number of amides is 2. The summed E-state index contributed by atoms with van der Waals surface area (Å²) in [5, 5.41) is 3.02. The van der Waals surface area contributed by atoms with E-state index in [2.05, 4.69) is 11.4 Å². The minimum Gasteiger partial charge on any atom is -0.449 e. The number of hydrogen-bond donors (Lipinski definition) is 1. The van der Waals surface area contributed by atoms with Gasteiger partial charge in [0, 0.05) is 12.1 Å². The molecule has 3 aromatic carbocycles. The molecular formula is C32H32N2O3. The first-order valence-electron chi connectivity index (χ1n) is 13.0. The van der Waals surface area contributed by atoms with E-state index in [0.29, 0.717) is 24.4 Å². The molecule has 0 saturated carbocycles. The summed E-state index contributed by atoms with van der Waals surface area (Å²) >= 11 is 0. The van der Waals surface area contributed by atoms with Crippen LogP contribution in [0.1, 0.15) is 59.2 Å². The zero-order chi connectivity index (χ0) is 25.6. The normalized spacial score (nSPS) is 16.1. The molecule has 0 radical (unpaired) electrons. The number of aryl methyl sites for hydroxylation is 1. The van der Waals surface area contributed by atoms with E-state index in [-0.39, 0.29) is 17.6 Å². The smallest absolute Gasteiger partial charge is 0.294 e. The molecule has 5 rings (SSSR count). The summed E-state index contributed by atoms with van der Waals surface area (Å²) in [6.45, 7) is 3.14. The van der Waals surface area contributed by atoms with Crippen molar-refractivity contribution in [3.05, 3.63) is 112 Å². The minimum absolute atomic E-state index is 0.0844. The van der Waals surface area contributed by atoms with Crippen LogP contribution in [0.5, 0.6) is 5.75 Å². The van der Waals surface area contributed by atoms with Crippen molar-refractivity contribution in [3.8, 4) is 5.75 Å². The Bertz CT molecular complexity index is 1340.